The van der Waals surface area contributed by atoms with Gasteiger partial charge in [-0.15, -0.1) is 5.06 Å². The lowest BCUT2D eigenvalue weighted by Gasteiger charge is -2.29. The normalized spacial score (nSPS) is 18.2. The van der Waals surface area contributed by atoms with Crippen molar-refractivity contribution in [2.24, 2.45) is 0 Å². The first-order valence-electron chi connectivity index (χ1n) is 13.2. The van der Waals surface area contributed by atoms with E-state index in [0.29, 0.717) is 56.3 Å². The molecule has 3 rings (SSSR count). The quantitative estimate of drug-likeness (QED) is 0.424. The third-order valence-corrected chi connectivity index (χ3v) is 5.73. The van der Waals surface area contributed by atoms with E-state index in [1.807, 2.05) is 44.2 Å². The van der Waals surface area contributed by atoms with Gasteiger partial charge in [0.1, 0.15) is 17.1 Å². The van der Waals surface area contributed by atoms with Gasteiger partial charge in [-0.1, -0.05) is 30.3 Å². The van der Waals surface area contributed by atoms with E-state index in [-0.39, 0.29) is 18.6 Å². The van der Waals surface area contributed by atoms with Gasteiger partial charge in [0.25, 0.3) is 5.91 Å². The van der Waals surface area contributed by atoms with Crippen molar-refractivity contribution in [3.05, 3.63) is 59.7 Å². The van der Waals surface area contributed by atoms with Crippen LogP contribution in [0.15, 0.2) is 48.5 Å². The summed E-state index contributed by atoms with van der Waals surface area (Å²) in [4.78, 5) is 31.3. The van der Waals surface area contributed by atoms with Crippen molar-refractivity contribution >= 4 is 12.1 Å². The molecule has 208 valence electrons. The highest BCUT2D eigenvalue weighted by molar-refractivity contribution is 5.95. The molecule has 0 spiro atoms. The molecular weight excluding hydrogens is 488 g/mol. The molecule has 0 bridgehead atoms. The summed E-state index contributed by atoms with van der Waals surface area (Å²) >= 11 is 0. The Bertz CT molecular complexity index is 1010. The summed E-state index contributed by atoms with van der Waals surface area (Å²) in [5.74, 6) is 0.803. The van der Waals surface area contributed by atoms with Crippen LogP contribution in [0.5, 0.6) is 11.5 Å². The Morgan fingerprint density at radius 3 is 2.26 bits per heavy atom. The average molecular weight is 529 g/mol. The van der Waals surface area contributed by atoms with Crippen molar-refractivity contribution in [1.29, 1.82) is 0 Å². The number of carbonyl (C=O) groups is 2. The van der Waals surface area contributed by atoms with Gasteiger partial charge in [-0.3, -0.25) is 4.79 Å². The lowest BCUT2D eigenvalue weighted by atomic mass is 10.1. The molecule has 0 radical (unpaired) electrons. The number of ether oxygens (including phenoxy) is 4. The first-order chi connectivity index (χ1) is 18.2. The van der Waals surface area contributed by atoms with Gasteiger partial charge in [-0.25, -0.2) is 4.79 Å². The number of rotatable bonds is 10. The van der Waals surface area contributed by atoms with Gasteiger partial charge in [-0.05, 0) is 65.2 Å². The minimum absolute atomic E-state index is 0.244. The zero-order valence-electron chi connectivity index (χ0n) is 23.0. The Morgan fingerprint density at radius 2 is 1.66 bits per heavy atom. The second-order valence-corrected chi connectivity index (χ2v) is 10.1. The first kappa shape index (κ1) is 29.3. The lowest BCUT2D eigenvalue weighted by Crippen LogP contribution is -2.50. The molecule has 0 aliphatic carbocycles. The van der Waals surface area contributed by atoms with E-state index >= 15 is 0 Å². The SMILES string of the molecule is CCOc1cc(OCC)cc(C(=O)N[C@@H]2CN(OC(=O)OC(C)(C)C)CCC[C@H]2OCc2ccccc2)c1. The minimum Gasteiger partial charge on any atom is -0.494 e. The Kier molecular flexibility index (Phi) is 10.8. The fourth-order valence-electron chi connectivity index (χ4n) is 4.13. The van der Waals surface area contributed by atoms with Gasteiger partial charge in [0.2, 0.25) is 0 Å². The van der Waals surface area contributed by atoms with E-state index in [2.05, 4.69) is 5.32 Å². The fourth-order valence-corrected chi connectivity index (χ4v) is 4.13. The van der Waals surface area contributed by atoms with Crippen LogP contribution in [-0.4, -0.2) is 61.2 Å². The highest BCUT2D eigenvalue weighted by Crippen LogP contribution is 2.24. The molecule has 9 heteroatoms. The molecule has 1 saturated heterocycles. The first-order valence-corrected chi connectivity index (χ1v) is 13.2. The lowest BCUT2D eigenvalue weighted by molar-refractivity contribution is -0.145. The van der Waals surface area contributed by atoms with Crippen molar-refractivity contribution < 1.29 is 33.4 Å². The Labute approximate surface area is 225 Å². The topological polar surface area (TPSA) is 95.6 Å². The number of nitrogens with one attached hydrogen (secondary N) is 1. The molecule has 1 amide bonds. The smallest absolute Gasteiger partial charge is 0.494 e. The molecule has 1 fully saturated rings. The highest BCUT2D eigenvalue weighted by atomic mass is 16.8. The summed E-state index contributed by atoms with van der Waals surface area (Å²) in [7, 11) is 0. The van der Waals surface area contributed by atoms with Crippen molar-refractivity contribution in [3.63, 3.8) is 0 Å². The molecule has 2 atom stereocenters. The second kappa shape index (κ2) is 14.0. The molecule has 0 unspecified atom stereocenters. The number of hydrogen-bond acceptors (Lipinski definition) is 8. The summed E-state index contributed by atoms with van der Waals surface area (Å²) in [5.41, 5.74) is 0.765. The summed E-state index contributed by atoms with van der Waals surface area (Å²) in [6.45, 7) is 11.2. The van der Waals surface area contributed by atoms with Crippen LogP contribution in [0.2, 0.25) is 0 Å². The van der Waals surface area contributed by atoms with Crippen molar-refractivity contribution in [3.8, 4) is 11.5 Å². The summed E-state index contributed by atoms with van der Waals surface area (Å²) < 4.78 is 22.9. The van der Waals surface area contributed by atoms with Crippen LogP contribution in [0.25, 0.3) is 0 Å². The summed E-state index contributed by atoms with van der Waals surface area (Å²) in [6.07, 6.45) is 0.308. The second-order valence-electron chi connectivity index (χ2n) is 10.1. The molecular formula is C29H40N2O7. The van der Waals surface area contributed by atoms with Crippen LogP contribution in [0, 0.1) is 0 Å². The van der Waals surface area contributed by atoms with Gasteiger partial charge in [-0.2, -0.15) is 0 Å². The molecule has 1 N–H and O–H groups in total. The number of benzene rings is 2. The molecule has 1 heterocycles. The van der Waals surface area contributed by atoms with E-state index in [1.54, 1.807) is 39.0 Å². The molecule has 9 nitrogen and oxygen atoms in total. The van der Waals surface area contributed by atoms with Crippen LogP contribution in [0.4, 0.5) is 4.79 Å². The van der Waals surface area contributed by atoms with E-state index in [1.165, 1.54) is 5.06 Å². The van der Waals surface area contributed by atoms with Gasteiger partial charge in [0, 0.05) is 18.2 Å². The number of amides is 1. The summed E-state index contributed by atoms with van der Waals surface area (Å²) in [6, 6.07) is 14.6. The maximum Gasteiger partial charge on any atom is 0.528 e. The van der Waals surface area contributed by atoms with E-state index < -0.39 is 17.8 Å². The van der Waals surface area contributed by atoms with Gasteiger partial charge in [0.05, 0.1) is 38.5 Å². The Hall–Kier alpha value is -3.30. The minimum atomic E-state index is -0.781. The van der Waals surface area contributed by atoms with Crippen LogP contribution >= 0.6 is 0 Å². The number of hydrogen-bond donors (Lipinski definition) is 1. The molecule has 38 heavy (non-hydrogen) atoms. The van der Waals surface area contributed by atoms with Crippen LogP contribution < -0.4 is 14.8 Å². The monoisotopic (exact) mass is 528 g/mol. The van der Waals surface area contributed by atoms with E-state index in [0.717, 1.165) is 5.56 Å². The third kappa shape index (κ3) is 9.54. The Balaban J connectivity index is 1.79. The third-order valence-electron chi connectivity index (χ3n) is 5.73. The zero-order chi connectivity index (χ0) is 27.5. The van der Waals surface area contributed by atoms with E-state index in [9.17, 15) is 9.59 Å². The van der Waals surface area contributed by atoms with Crippen molar-refractivity contribution in [1.82, 2.24) is 10.4 Å². The molecule has 2 aromatic rings. The van der Waals surface area contributed by atoms with Gasteiger partial charge < -0.3 is 29.1 Å². The number of hydroxylamine groups is 2. The van der Waals surface area contributed by atoms with Gasteiger partial charge in [0.15, 0.2) is 0 Å². The molecule has 0 aromatic heterocycles. The predicted octanol–water partition coefficient (Wildman–Crippen LogP) is 5.13. The number of nitrogens with zero attached hydrogens (tertiary/aromatic N) is 1. The van der Waals surface area contributed by atoms with Crippen molar-refractivity contribution in [2.75, 3.05) is 26.3 Å². The Morgan fingerprint density at radius 1 is 1.00 bits per heavy atom. The molecule has 1 aliphatic rings. The summed E-state index contributed by atoms with van der Waals surface area (Å²) in [5, 5.41) is 4.64. The molecule has 2 aromatic carbocycles. The fraction of sp³-hybridized carbons (Fsp3) is 0.517. The standard InChI is InChI=1S/C29H40N2O7/c1-6-34-23-16-22(17-24(18-23)35-7-2)27(32)30-25-19-31(38-28(33)37-29(3,4)5)15-11-14-26(25)36-20-21-12-9-8-10-13-21/h8-10,12-13,16-18,25-26H,6-7,11,14-15,19-20H2,1-5H3,(H,30,32)/t25-,26-/m1/s1. The zero-order valence-corrected chi connectivity index (χ0v) is 23.0. The number of carbonyl (C=O) groups excluding carboxylic acids is 2. The predicted molar refractivity (Wildman–Crippen MR) is 143 cm³/mol. The largest absolute Gasteiger partial charge is 0.528 e. The van der Waals surface area contributed by atoms with Crippen LogP contribution in [0.1, 0.15) is 63.4 Å². The van der Waals surface area contributed by atoms with Crippen molar-refractivity contribution in [2.45, 2.75) is 71.8 Å². The highest BCUT2D eigenvalue weighted by Gasteiger charge is 2.32. The van der Waals surface area contributed by atoms with Crippen LogP contribution in [0.3, 0.4) is 0 Å². The molecule has 0 saturated carbocycles. The average Bonchev–Trinajstić information content (AvgIpc) is 3.03. The van der Waals surface area contributed by atoms with E-state index in [4.69, 9.17) is 23.8 Å². The van der Waals surface area contributed by atoms with Gasteiger partial charge >= 0.3 is 6.16 Å². The maximum absolute atomic E-state index is 13.4. The molecule has 1 aliphatic heterocycles. The van der Waals surface area contributed by atoms with Crippen LogP contribution in [-0.2, 0) is 20.9 Å². The maximum atomic E-state index is 13.4.